The summed E-state index contributed by atoms with van der Waals surface area (Å²) in [6, 6.07) is 0. The van der Waals surface area contributed by atoms with Crippen LogP contribution in [0.3, 0.4) is 0 Å². The molecule has 0 aromatic rings. The number of aliphatic hydroxyl groups is 2. The second kappa shape index (κ2) is 6.47. The van der Waals surface area contributed by atoms with Crippen LogP contribution in [0.2, 0.25) is 0 Å². The van der Waals surface area contributed by atoms with Crippen LogP contribution in [0, 0.1) is 0 Å². The van der Waals surface area contributed by atoms with Crippen LogP contribution in [-0.2, 0) is 9.09 Å². The Morgan fingerprint density at radius 2 is 2.00 bits per heavy atom. The van der Waals surface area contributed by atoms with Gasteiger partial charge in [0.15, 0.2) is 0 Å². The minimum atomic E-state index is -5.00. The van der Waals surface area contributed by atoms with E-state index in [1.54, 1.807) is 0 Å². The fourth-order valence-corrected chi connectivity index (χ4v) is 0.585. The Morgan fingerprint density at radius 3 is 2.27 bits per heavy atom. The van der Waals surface area contributed by atoms with Crippen LogP contribution in [0.25, 0.3) is 0 Å². The molecule has 8 heteroatoms. The van der Waals surface area contributed by atoms with Crippen molar-refractivity contribution in [2.24, 2.45) is 0 Å². The molecule has 0 aliphatic carbocycles. The van der Waals surface area contributed by atoms with Crippen molar-refractivity contribution in [2.45, 2.75) is 6.10 Å². The molecule has 1 atom stereocenters. The minimum Gasteiger partial charge on any atom is -0.790 e. The topological polar surface area (TPSA) is 113 Å². The Labute approximate surface area is 83.6 Å². The molecule has 1 unspecified atom stereocenters. The fraction of sp³-hybridized carbons (Fsp3) is 1.00. The van der Waals surface area contributed by atoms with E-state index in [0.29, 0.717) is 0 Å². The van der Waals surface area contributed by atoms with E-state index in [-0.39, 0.29) is 27.3 Å². The van der Waals surface area contributed by atoms with Crippen LogP contribution >= 0.6 is 7.82 Å². The maximum absolute atomic E-state index is 9.71. The average Bonchev–Trinajstić information content (AvgIpc) is 1.81. The molecule has 0 saturated carbocycles. The third-order valence-corrected chi connectivity index (χ3v) is 1.10. The first kappa shape index (κ1) is 14.5. The smallest absolute Gasteiger partial charge is 0.790 e. The van der Waals surface area contributed by atoms with Crippen molar-refractivity contribution in [3.8, 4) is 0 Å². The van der Waals surface area contributed by atoms with Crippen LogP contribution < -0.4 is 9.79 Å². The molecule has 0 fully saturated rings. The van der Waals surface area contributed by atoms with Crippen molar-refractivity contribution in [1.29, 1.82) is 0 Å². The van der Waals surface area contributed by atoms with Gasteiger partial charge in [0.25, 0.3) is 0 Å². The van der Waals surface area contributed by atoms with Gasteiger partial charge in [-0.2, -0.15) is 0 Å². The van der Waals surface area contributed by atoms with Crippen LogP contribution in [-0.4, -0.2) is 56.8 Å². The van der Waals surface area contributed by atoms with Gasteiger partial charge < -0.3 is 29.1 Å². The number of aliphatic hydroxyl groups excluding tert-OH is 2. The molecule has 0 aliphatic rings. The zero-order valence-electron chi connectivity index (χ0n) is 5.47. The van der Waals surface area contributed by atoms with Gasteiger partial charge in [-0.25, -0.2) is 0 Å². The predicted octanol–water partition coefficient (Wildman–Crippen LogP) is -3.20. The van der Waals surface area contributed by atoms with E-state index in [2.05, 4.69) is 4.52 Å². The monoisotopic (exact) mass is 378 g/mol. The standard InChI is InChI=1S/C3H9O6P.Pb/c4-1-3(5)2-9-10(6,7)8;/h3-5H,1-2H2,(H2,6,7,8);/q;+2/p-2. The maximum atomic E-state index is 9.71. The quantitative estimate of drug-likeness (QED) is 0.394. The molecule has 6 nitrogen and oxygen atoms in total. The van der Waals surface area contributed by atoms with Crippen molar-refractivity contribution >= 4 is 35.1 Å². The zero-order chi connectivity index (χ0) is 8.20. The molecule has 0 aromatic carbocycles. The molecule has 2 N–H and O–H groups in total. The van der Waals surface area contributed by atoms with Gasteiger partial charge >= 0.3 is 27.3 Å². The van der Waals surface area contributed by atoms with E-state index in [1.807, 2.05) is 0 Å². The van der Waals surface area contributed by atoms with Gasteiger partial charge in [-0.3, -0.25) is 0 Å². The van der Waals surface area contributed by atoms with Crippen LogP contribution in [0.5, 0.6) is 0 Å². The van der Waals surface area contributed by atoms with Gasteiger partial charge in [0.05, 0.1) is 21.0 Å². The summed E-state index contributed by atoms with van der Waals surface area (Å²) in [6.07, 6.45) is -1.32. The molecule has 64 valence electrons. The Kier molecular flexibility index (Phi) is 8.51. The molecule has 0 rings (SSSR count). The Hall–Kier alpha value is 0.952. The van der Waals surface area contributed by atoms with Gasteiger partial charge in [-0.15, -0.1) is 0 Å². The predicted molar refractivity (Wildman–Crippen MR) is 32.4 cm³/mol. The molecule has 2 radical (unpaired) electrons. The molecule has 0 saturated heterocycles. The van der Waals surface area contributed by atoms with E-state index in [1.165, 1.54) is 0 Å². The Bertz CT molecular complexity index is 134. The zero-order valence-corrected chi connectivity index (χ0v) is 10.2. The molecule has 0 aliphatic heterocycles. The molecule has 0 spiro atoms. The van der Waals surface area contributed by atoms with Gasteiger partial charge in [-0.05, 0) is 0 Å². The van der Waals surface area contributed by atoms with E-state index < -0.39 is 27.1 Å². The third-order valence-electron chi connectivity index (χ3n) is 0.636. The first-order chi connectivity index (χ1) is 4.45. The number of hydrogen-bond donors (Lipinski definition) is 2. The molecule has 11 heavy (non-hydrogen) atoms. The van der Waals surface area contributed by atoms with E-state index in [9.17, 15) is 14.4 Å². The van der Waals surface area contributed by atoms with Gasteiger partial charge in [-0.1, -0.05) is 0 Å². The second-order valence-corrected chi connectivity index (χ2v) is 2.73. The largest absolute Gasteiger partial charge is 2.00 e. The normalized spacial score (nSPS) is 13.8. The number of phosphoric acid groups is 1. The Morgan fingerprint density at radius 1 is 1.55 bits per heavy atom. The summed E-state index contributed by atoms with van der Waals surface area (Å²) in [4.78, 5) is 19.4. The van der Waals surface area contributed by atoms with Crippen molar-refractivity contribution in [3.63, 3.8) is 0 Å². The van der Waals surface area contributed by atoms with Crippen LogP contribution in [0.4, 0.5) is 0 Å². The minimum absolute atomic E-state index is 0. The molecular weight excluding hydrogens is 370 g/mol. The summed E-state index contributed by atoms with van der Waals surface area (Å²) in [5.41, 5.74) is 0. The maximum Gasteiger partial charge on any atom is 2.00 e. The average molecular weight is 377 g/mol. The number of rotatable bonds is 4. The number of phosphoric ester groups is 1. The van der Waals surface area contributed by atoms with Crippen LogP contribution in [0.1, 0.15) is 0 Å². The second-order valence-electron chi connectivity index (χ2n) is 1.58. The van der Waals surface area contributed by atoms with Gasteiger partial charge in [0.1, 0.15) is 6.10 Å². The Balaban J connectivity index is 0. The van der Waals surface area contributed by atoms with E-state index in [4.69, 9.17) is 10.2 Å². The summed E-state index contributed by atoms with van der Waals surface area (Å²) in [6.45, 7) is -1.33. The third kappa shape index (κ3) is 11.0. The van der Waals surface area contributed by atoms with Gasteiger partial charge in [0, 0.05) is 0 Å². The van der Waals surface area contributed by atoms with E-state index in [0.717, 1.165) is 0 Å². The summed E-state index contributed by atoms with van der Waals surface area (Å²) >= 11 is 0. The van der Waals surface area contributed by atoms with Crippen molar-refractivity contribution in [3.05, 3.63) is 0 Å². The molecule has 0 bridgehead atoms. The summed E-state index contributed by atoms with van der Waals surface area (Å²) in [5.74, 6) is 0. The number of hydrogen-bond acceptors (Lipinski definition) is 6. The first-order valence-corrected chi connectivity index (χ1v) is 3.87. The molecule has 0 heterocycles. The van der Waals surface area contributed by atoms with Crippen molar-refractivity contribution in [2.75, 3.05) is 13.2 Å². The van der Waals surface area contributed by atoms with Crippen molar-refractivity contribution in [1.82, 2.24) is 0 Å². The molecule has 0 amide bonds. The summed E-state index contributed by atoms with van der Waals surface area (Å²) in [7, 11) is -5.00. The van der Waals surface area contributed by atoms with Gasteiger partial charge in [0.2, 0.25) is 0 Å². The SMILES string of the molecule is O=P([O-])([O-])OCC(O)CO.[Pb+2]. The summed E-state index contributed by atoms with van der Waals surface area (Å²) in [5, 5.41) is 16.6. The van der Waals surface area contributed by atoms with Crippen molar-refractivity contribution < 1.29 is 29.1 Å². The molecular formula is C3H7O6PPb. The van der Waals surface area contributed by atoms with E-state index >= 15 is 0 Å². The summed E-state index contributed by atoms with van der Waals surface area (Å²) < 4.78 is 13.3. The first-order valence-electron chi connectivity index (χ1n) is 2.41. The van der Waals surface area contributed by atoms with Crippen LogP contribution in [0.15, 0.2) is 0 Å². The fourth-order valence-electron chi connectivity index (χ4n) is 0.230. The molecule has 0 aromatic heterocycles.